The first-order chi connectivity index (χ1) is 5.99. The van der Waals surface area contributed by atoms with Crippen LogP contribution in [0.15, 0.2) is 18.2 Å². The molecule has 0 saturated carbocycles. The third-order valence-corrected chi connectivity index (χ3v) is 2.26. The molecule has 0 fully saturated rings. The summed E-state index contributed by atoms with van der Waals surface area (Å²) in [5.74, 6) is -2.91. The number of rotatable bonds is 2. The lowest BCUT2D eigenvalue weighted by molar-refractivity contribution is 0.00526. The summed E-state index contributed by atoms with van der Waals surface area (Å²) in [6, 6.07) is 4.86. The highest BCUT2D eigenvalue weighted by Crippen LogP contribution is 2.30. The molecular formula is C10H13F2N. The Morgan fingerprint density at radius 2 is 1.92 bits per heavy atom. The minimum absolute atomic E-state index is 0.0370. The van der Waals surface area contributed by atoms with Crippen LogP contribution in [0.5, 0.6) is 0 Å². The molecule has 0 aliphatic rings. The molecule has 0 spiro atoms. The van der Waals surface area contributed by atoms with E-state index >= 15 is 0 Å². The van der Waals surface area contributed by atoms with Crippen molar-refractivity contribution < 1.29 is 8.78 Å². The Labute approximate surface area is 76.6 Å². The van der Waals surface area contributed by atoms with Crippen LogP contribution in [0, 0.1) is 13.8 Å². The maximum atomic E-state index is 13.2. The summed E-state index contributed by atoms with van der Waals surface area (Å²) in [5, 5.41) is 0. The SMILES string of the molecule is Cc1cccc(C(F)(F)CN)c1C. The topological polar surface area (TPSA) is 26.0 Å². The number of benzene rings is 1. The maximum Gasteiger partial charge on any atom is 0.285 e. The summed E-state index contributed by atoms with van der Waals surface area (Å²) < 4.78 is 26.4. The second kappa shape index (κ2) is 3.42. The Bertz CT molecular complexity index is 308. The van der Waals surface area contributed by atoms with Gasteiger partial charge in [-0.05, 0) is 25.0 Å². The molecule has 1 rings (SSSR count). The van der Waals surface area contributed by atoms with E-state index in [1.807, 2.05) is 13.0 Å². The molecular weight excluding hydrogens is 172 g/mol. The Hall–Kier alpha value is -0.960. The molecule has 3 heteroatoms. The second-order valence-corrected chi connectivity index (χ2v) is 3.16. The molecule has 1 aromatic rings. The van der Waals surface area contributed by atoms with Crippen molar-refractivity contribution >= 4 is 0 Å². The van der Waals surface area contributed by atoms with Gasteiger partial charge in [-0.1, -0.05) is 18.2 Å². The monoisotopic (exact) mass is 185 g/mol. The van der Waals surface area contributed by atoms with Crippen LogP contribution in [-0.2, 0) is 5.92 Å². The molecule has 72 valence electrons. The normalized spacial score (nSPS) is 11.8. The minimum atomic E-state index is -2.91. The highest BCUT2D eigenvalue weighted by Gasteiger charge is 2.31. The van der Waals surface area contributed by atoms with Crippen molar-refractivity contribution in [2.45, 2.75) is 19.8 Å². The first kappa shape index (κ1) is 10.1. The summed E-state index contributed by atoms with van der Waals surface area (Å²) in [6.45, 7) is 2.86. The van der Waals surface area contributed by atoms with Gasteiger partial charge in [0.15, 0.2) is 0 Å². The smallest absolute Gasteiger partial charge is 0.285 e. The predicted octanol–water partition coefficient (Wildman–Crippen LogP) is 2.35. The average Bonchev–Trinajstić information content (AvgIpc) is 2.09. The number of alkyl halides is 2. The van der Waals surface area contributed by atoms with Crippen LogP contribution in [-0.4, -0.2) is 6.54 Å². The van der Waals surface area contributed by atoms with E-state index in [-0.39, 0.29) is 5.56 Å². The van der Waals surface area contributed by atoms with Crippen molar-refractivity contribution in [2.24, 2.45) is 5.73 Å². The van der Waals surface area contributed by atoms with Gasteiger partial charge in [0, 0.05) is 5.56 Å². The zero-order chi connectivity index (χ0) is 10.1. The fourth-order valence-electron chi connectivity index (χ4n) is 1.26. The van der Waals surface area contributed by atoms with Crippen molar-refractivity contribution in [3.8, 4) is 0 Å². The van der Waals surface area contributed by atoms with E-state index in [4.69, 9.17) is 5.73 Å². The van der Waals surface area contributed by atoms with Gasteiger partial charge >= 0.3 is 0 Å². The van der Waals surface area contributed by atoms with Gasteiger partial charge < -0.3 is 5.73 Å². The van der Waals surface area contributed by atoms with Crippen LogP contribution < -0.4 is 5.73 Å². The van der Waals surface area contributed by atoms with Crippen LogP contribution in [0.4, 0.5) is 8.78 Å². The number of nitrogens with two attached hydrogens (primary N) is 1. The van der Waals surface area contributed by atoms with E-state index in [0.717, 1.165) is 5.56 Å². The van der Waals surface area contributed by atoms with Crippen molar-refractivity contribution in [3.05, 3.63) is 34.9 Å². The van der Waals surface area contributed by atoms with E-state index in [1.54, 1.807) is 13.0 Å². The molecule has 0 heterocycles. The van der Waals surface area contributed by atoms with Gasteiger partial charge in [0.05, 0.1) is 6.54 Å². The lowest BCUT2D eigenvalue weighted by Crippen LogP contribution is -2.26. The summed E-state index contributed by atoms with van der Waals surface area (Å²) in [7, 11) is 0. The molecule has 0 amide bonds. The summed E-state index contributed by atoms with van der Waals surface area (Å²) >= 11 is 0. The van der Waals surface area contributed by atoms with Crippen LogP contribution >= 0.6 is 0 Å². The van der Waals surface area contributed by atoms with Crippen LogP contribution in [0.2, 0.25) is 0 Å². The van der Waals surface area contributed by atoms with E-state index < -0.39 is 12.5 Å². The Morgan fingerprint density at radius 3 is 2.46 bits per heavy atom. The lowest BCUT2D eigenvalue weighted by atomic mass is 9.98. The summed E-state index contributed by atoms with van der Waals surface area (Å²) in [6.07, 6.45) is 0. The van der Waals surface area contributed by atoms with Crippen molar-refractivity contribution in [3.63, 3.8) is 0 Å². The molecule has 2 N–H and O–H groups in total. The van der Waals surface area contributed by atoms with E-state index in [0.29, 0.717) is 5.56 Å². The zero-order valence-corrected chi connectivity index (χ0v) is 7.77. The zero-order valence-electron chi connectivity index (χ0n) is 7.77. The highest BCUT2D eigenvalue weighted by atomic mass is 19.3. The fourth-order valence-corrected chi connectivity index (χ4v) is 1.26. The number of hydrogen-bond acceptors (Lipinski definition) is 1. The maximum absolute atomic E-state index is 13.2. The third-order valence-electron chi connectivity index (χ3n) is 2.26. The third kappa shape index (κ3) is 1.86. The average molecular weight is 185 g/mol. The Kier molecular flexibility index (Phi) is 2.66. The van der Waals surface area contributed by atoms with Gasteiger partial charge in [0.2, 0.25) is 0 Å². The summed E-state index contributed by atoms with van der Waals surface area (Å²) in [5.41, 5.74) is 6.53. The molecule has 0 aliphatic carbocycles. The molecule has 0 aromatic heterocycles. The second-order valence-electron chi connectivity index (χ2n) is 3.16. The molecule has 1 aromatic carbocycles. The van der Waals surface area contributed by atoms with Crippen molar-refractivity contribution in [1.82, 2.24) is 0 Å². The van der Waals surface area contributed by atoms with Gasteiger partial charge in [-0.25, -0.2) is 0 Å². The largest absolute Gasteiger partial charge is 0.325 e. The number of halogens is 2. The van der Waals surface area contributed by atoms with Gasteiger partial charge in [-0.3, -0.25) is 0 Å². The molecule has 0 atom stereocenters. The van der Waals surface area contributed by atoms with E-state index in [1.165, 1.54) is 6.07 Å². The van der Waals surface area contributed by atoms with E-state index in [9.17, 15) is 8.78 Å². The first-order valence-corrected chi connectivity index (χ1v) is 4.13. The molecule has 13 heavy (non-hydrogen) atoms. The fraction of sp³-hybridized carbons (Fsp3) is 0.400. The molecule has 0 aliphatic heterocycles. The molecule has 0 unspecified atom stereocenters. The Morgan fingerprint density at radius 1 is 1.31 bits per heavy atom. The van der Waals surface area contributed by atoms with Crippen molar-refractivity contribution in [2.75, 3.05) is 6.54 Å². The minimum Gasteiger partial charge on any atom is -0.325 e. The van der Waals surface area contributed by atoms with Gasteiger partial charge in [-0.15, -0.1) is 0 Å². The van der Waals surface area contributed by atoms with E-state index in [2.05, 4.69) is 0 Å². The molecule has 1 nitrogen and oxygen atoms in total. The van der Waals surface area contributed by atoms with Crippen molar-refractivity contribution in [1.29, 1.82) is 0 Å². The highest BCUT2D eigenvalue weighted by molar-refractivity contribution is 5.36. The quantitative estimate of drug-likeness (QED) is 0.752. The van der Waals surface area contributed by atoms with Crippen LogP contribution in [0.3, 0.4) is 0 Å². The molecule has 0 radical (unpaired) electrons. The molecule has 0 saturated heterocycles. The van der Waals surface area contributed by atoms with Crippen LogP contribution in [0.25, 0.3) is 0 Å². The summed E-state index contributed by atoms with van der Waals surface area (Å²) in [4.78, 5) is 0. The Balaban J connectivity index is 3.22. The number of hydrogen-bond donors (Lipinski definition) is 1. The standard InChI is InChI=1S/C10H13F2N/c1-7-4-3-5-9(8(7)2)10(11,12)6-13/h3-5H,6,13H2,1-2H3. The van der Waals surface area contributed by atoms with Gasteiger partial charge in [0.1, 0.15) is 0 Å². The first-order valence-electron chi connectivity index (χ1n) is 4.13. The predicted molar refractivity (Wildman–Crippen MR) is 48.9 cm³/mol. The molecule has 0 bridgehead atoms. The van der Waals surface area contributed by atoms with Gasteiger partial charge in [-0.2, -0.15) is 8.78 Å². The van der Waals surface area contributed by atoms with Crippen LogP contribution in [0.1, 0.15) is 16.7 Å². The lowest BCUT2D eigenvalue weighted by Gasteiger charge is -2.17. The van der Waals surface area contributed by atoms with Gasteiger partial charge in [0.25, 0.3) is 5.92 Å². The number of aryl methyl sites for hydroxylation is 1.